The fourth-order valence-corrected chi connectivity index (χ4v) is 1.34. The lowest BCUT2D eigenvalue weighted by molar-refractivity contribution is -0.127. The summed E-state index contributed by atoms with van der Waals surface area (Å²) in [5.74, 6) is 0.115. The van der Waals surface area contributed by atoms with Gasteiger partial charge in [-0.3, -0.25) is 4.79 Å². The van der Waals surface area contributed by atoms with Gasteiger partial charge in [0.1, 0.15) is 0 Å². The van der Waals surface area contributed by atoms with Crippen LogP contribution >= 0.6 is 15.9 Å². The van der Waals surface area contributed by atoms with E-state index in [0.29, 0.717) is 11.9 Å². The molecule has 2 nitrogen and oxygen atoms in total. The van der Waals surface area contributed by atoms with Crippen LogP contribution in [0, 0.1) is 0 Å². The monoisotopic (exact) mass is 245 g/mol. The van der Waals surface area contributed by atoms with E-state index in [2.05, 4.69) is 29.1 Å². The van der Waals surface area contributed by atoms with Crippen molar-refractivity contribution in [2.45, 2.75) is 12.8 Å². The van der Waals surface area contributed by atoms with Gasteiger partial charge in [-0.25, -0.2) is 0 Å². The van der Waals surface area contributed by atoms with E-state index in [1.54, 1.807) is 11.0 Å². The molecule has 1 amide bonds. The number of carbonyl (C=O) groups excluding carboxylic acids is 1. The molecule has 0 aromatic heterocycles. The molecule has 0 rings (SSSR count). The summed E-state index contributed by atoms with van der Waals surface area (Å²) in [5, 5.41) is 0.384. The van der Waals surface area contributed by atoms with Crippen LogP contribution in [0.3, 0.4) is 0 Å². The standard InChI is InChI=1S/C10H16BrNO/c1-3-5-6-8-12(7-4-2)10(13)9-11/h3-4H,1-2,5-9H2. The van der Waals surface area contributed by atoms with Crippen molar-refractivity contribution < 1.29 is 4.79 Å². The van der Waals surface area contributed by atoms with Gasteiger partial charge in [-0.1, -0.05) is 28.1 Å². The summed E-state index contributed by atoms with van der Waals surface area (Å²) in [4.78, 5) is 13.1. The summed E-state index contributed by atoms with van der Waals surface area (Å²) < 4.78 is 0. The molecular weight excluding hydrogens is 230 g/mol. The second-order valence-electron chi connectivity index (χ2n) is 2.69. The van der Waals surface area contributed by atoms with Gasteiger partial charge in [0.25, 0.3) is 0 Å². The molecular formula is C10H16BrNO. The van der Waals surface area contributed by atoms with E-state index < -0.39 is 0 Å². The fourth-order valence-electron chi connectivity index (χ4n) is 0.985. The number of halogens is 1. The molecule has 0 spiro atoms. The molecule has 0 aliphatic rings. The number of allylic oxidation sites excluding steroid dienone is 1. The molecule has 13 heavy (non-hydrogen) atoms. The zero-order valence-electron chi connectivity index (χ0n) is 7.84. The molecule has 0 N–H and O–H groups in total. The normalized spacial score (nSPS) is 9.31. The Morgan fingerprint density at radius 1 is 1.38 bits per heavy atom. The van der Waals surface area contributed by atoms with Gasteiger partial charge in [0, 0.05) is 13.1 Å². The van der Waals surface area contributed by atoms with Crippen molar-refractivity contribution in [3.05, 3.63) is 25.3 Å². The van der Waals surface area contributed by atoms with Crippen molar-refractivity contribution in [2.75, 3.05) is 18.4 Å². The fraction of sp³-hybridized carbons (Fsp3) is 0.500. The van der Waals surface area contributed by atoms with Crippen LogP contribution in [0.2, 0.25) is 0 Å². The quantitative estimate of drug-likeness (QED) is 0.383. The molecule has 0 heterocycles. The van der Waals surface area contributed by atoms with Gasteiger partial charge >= 0.3 is 0 Å². The maximum Gasteiger partial charge on any atom is 0.233 e. The van der Waals surface area contributed by atoms with Gasteiger partial charge in [-0.15, -0.1) is 13.2 Å². The lowest BCUT2D eigenvalue weighted by Gasteiger charge is -2.19. The van der Waals surface area contributed by atoms with Crippen LogP contribution < -0.4 is 0 Å². The molecule has 74 valence electrons. The first-order valence-corrected chi connectivity index (χ1v) is 5.44. The van der Waals surface area contributed by atoms with Gasteiger partial charge in [0.2, 0.25) is 5.91 Å². The molecule has 0 aliphatic heterocycles. The summed E-state index contributed by atoms with van der Waals surface area (Å²) in [6.07, 6.45) is 5.53. The molecule has 0 radical (unpaired) electrons. The average molecular weight is 246 g/mol. The van der Waals surface area contributed by atoms with Gasteiger partial charge in [0.15, 0.2) is 0 Å². The number of hydrogen-bond donors (Lipinski definition) is 0. The van der Waals surface area contributed by atoms with Crippen LogP contribution in [0.5, 0.6) is 0 Å². The molecule has 3 heteroatoms. The molecule has 0 saturated heterocycles. The van der Waals surface area contributed by atoms with Crippen LogP contribution in [0.4, 0.5) is 0 Å². The molecule has 0 bridgehead atoms. The number of carbonyl (C=O) groups is 1. The largest absolute Gasteiger partial charge is 0.338 e. The van der Waals surface area contributed by atoms with Crippen molar-refractivity contribution in [2.24, 2.45) is 0 Å². The van der Waals surface area contributed by atoms with Crippen molar-refractivity contribution >= 4 is 21.8 Å². The first-order chi connectivity index (χ1) is 6.26. The number of rotatable bonds is 7. The predicted molar refractivity (Wildman–Crippen MR) is 60.0 cm³/mol. The summed E-state index contributed by atoms with van der Waals surface area (Å²) in [7, 11) is 0. The van der Waals surface area contributed by atoms with Crippen LogP contribution in [-0.4, -0.2) is 29.2 Å². The van der Waals surface area contributed by atoms with Crippen LogP contribution in [0.25, 0.3) is 0 Å². The minimum Gasteiger partial charge on any atom is -0.338 e. The SMILES string of the molecule is C=CCCCN(CC=C)C(=O)CBr. The molecule has 0 saturated carbocycles. The molecule has 0 unspecified atom stereocenters. The Hall–Kier alpha value is -0.570. The summed E-state index contributed by atoms with van der Waals surface area (Å²) in [5.41, 5.74) is 0. The molecule has 0 fully saturated rings. The third-order valence-electron chi connectivity index (χ3n) is 1.65. The third kappa shape index (κ3) is 5.64. The Morgan fingerprint density at radius 2 is 2.08 bits per heavy atom. The maximum atomic E-state index is 11.3. The van der Waals surface area contributed by atoms with Crippen LogP contribution in [-0.2, 0) is 4.79 Å². The van der Waals surface area contributed by atoms with E-state index in [0.717, 1.165) is 19.4 Å². The number of amides is 1. The second kappa shape index (κ2) is 8.05. The number of nitrogens with zero attached hydrogens (tertiary/aromatic N) is 1. The highest BCUT2D eigenvalue weighted by molar-refractivity contribution is 9.09. The van der Waals surface area contributed by atoms with Gasteiger partial charge in [-0.2, -0.15) is 0 Å². The van der Waals surface area contributed by atoms with Crippen molar-refractivity contribution in [1.82, 2.24) is 4.90 Å². The van der Waals surface area contributed by atoms with E-state index in [1.807, 2.05) is 6.08 Å². The van der Waals surface area contributed by atoms with Crippen molar-refractivity contribution in [1.29, 1.82) is 0 Å². The van der Waals surface area contributed by atoms with Crippen LogP contribution in [0.15, 0.2) is 25.3 Å². The highest BCUT2D eigenvalue weighted by Crippen LogP contribution is 1.99. The maximum absolute atomic E-state index is 11.3. The summed E-state index contributed by atoms with van der Waals surface area (Å²) in [6.45, 7) is 8.66. The zero-order chi connectivity index (χ0) is 10.1. The Morgan fingerprint density at radius 3 is 2.54 bits per heavy atom. The Kier molecular flexibility index (Phi) is 7.69. The van der Waals surface area contributed by atoms with E-state index in [4.69, 9.17) is 0 Å². The zero-order valence-corrected chi connectivity index (χ0v) is 9.42. The summed E-state index contributed by atoms with van der Waals surface area (Å²) in [6, 6.07) is 0. The second-order valence-corrected chi connectivity index (χ2v) is 3.25. The predicted octanol–water partition coefficient (Wildman–Crippen LogP) is 2.36. The van der Waals surface area contributed by atoms with Gasteiger partial charge in [-0.05, 0) is 12.8 Å². The topological polar surface area (TPSA) is 20.3 Å². The lowest BCUT2D eigenvalue weighted by Crippen LogP contribution is -2.32. The van der Waals surface area contributed by atoms with Gasteiger partial charge in [0.05, 0.1) is 5.33 Å². The Labute approximate surface area is 88.4 Å². The number of hydrogen-bond acceptors (Lipinski definition) is 1. The number of alkyl halides is 1. The Balaban J connectivity index is 3.85. The lowest BCUT2D eigenvalue weighted by atomic mass is 10.3. The molecule has 0 aromatic carbocycles. The number of unbranched alkanes of at least 4 members (excludes halogenated alkanes) is 1. The summed E-state index contributed by atoms with van der Waals surface area (Å²) >= 11 is 3.15. The van der Waals surface area contributed by atoms with Crippen LogP contribution in [0.1, 0.15) is 12.8 Å². The first kappa shape index (κ1) is 12.4. The van der Waals surface area contributed by atoms with E-state index in [-0.39, 0.29) is 5.91 Å². The molecule has 0 aromatic rings. The minimum absolute atomic E-state index is 0.115. The van der Waals surface area contributed by atoms with E-state index in [1.165, 1.54) is 0 Å². The minimum atomic E-state index is 0.115. The van der Waals surface area contributed by atoms with E-state index >= 15 is 0 Å². The third-order valence-corrected chi connectivity index (χ3v) is 2.13. The van der Waals surface area contributed by atoms with Gasteiger partial charge < -0.3 is 4.90 Å². The van der Waals surface area contributed by atoms with Crippen molar-refractivity contribution in [3.8, 4) is 0 Å². The average Bonchev–Trinajstić information content (AvgIpc) is 2.16. The highest BCUT2D eigenvalue weighted by Gasteiger charge is 2.08. The highest BCUT2D eigenvalue weighted by atomic mass is 79.9. The molecule has 0 aliphatic carbocycles. The van der Waals surface area contributed by atoms with E-state index in [9.17, 15) is 4.79 Å². The first-order valence-electron chi connectivity index (χ1n) is 4.31. The molecule has 0 atom stereocenters. The van der Waals surface area contributed by atoms with Crippen molar-refractivity contribution in [3.63, 3.8) is 0 Å². The smallest absolute Gasteiger partial charge is 0.233 e. The Bertz CT molecular complexity index is 180.